The summed E-state index contributed by atoms with van der Waals surface area (Å²) >= 11 is 3.49. The van der Waals surface area contributed by atoms with E-state index in [1.54, 1.807) is 17.3 Å². The summed E-state index contributed by atoms with van der Waals surface area (Å²) in [6.45, 7) is 1.09. The second kappa shape index (κ2) is 5.82. The van der Waals surface area contributed by atoms with Gasteiger partial charge in [0, 0.05) is 4.47 Å². The summed E-state index contributed by atoms with van der Waals surface area (Å²) in [6, 6.07) is 7.89. The second-order valence-electron chi connectivity index (χ2n) is 3.78. The summed E-state index contributed by atoms with van der Waals surface area (Å²) in [4.78, 5) is 17.6. The van der Waals surface area contributed by atoms with Crippen LogP contribution in [-0.4, -0.2) is 30.9 Å². The summed E-state index contributed by atoms with van der Waals surface area (Å²) in [5.41, 5.74) is 1.61. The van der Waals surface area contributed by atoms with Crippen molar-refractivity contribution in [1.29, 1.82) is 0 Å². The number of methoxy groups -OCH3 is 1. The standard InChI is InChI=1S/C13H13BrN2O2/c1-18-13(17)12-6-7-15-9-16(12)8-10-4-2-3-5-11(10)14/h2-6,9H,7-8H2,1H3. The van der Waals surface area contributed by atoms with Gasteiger partial charge < -0.3 is 9.64 Å². The Morgan fingerprint density at radius 2 is 2.28 bits per heavy atom. The minimum Gasteiger partial charge on any atom is -0.464 e. The van der Waals surface area contributed by atoms with Gasteiger partial charge in [-0.05, 0) is 17.7 Å². The first-order chi connectivity index (χ1) is 8.72. The Morgan fingerprint density at radius 3 is 3.00 bits per heavy atom. The summed E-state index contributed by atoms with van der Waals surface area (Å²) in [5.74, 6) is -0.340. The van der Waals surface area contributed by atoms with Crippen molar-refractivity contribution >= 4 is 28.2 Å². The fourth-order valence-electron chi connectivity index (χ4n) is 1.71. The molecule has 0 radical (unpaired) electrons. The van der Waals surface area contributed by atoms with Crippen LogP contribution >= 0.6 is 15.9 Å². The molecule has 2 rings (SSSR count). The van der Waals surface area contributed by atoms with Gasteiger partial charge in [-0.15, -0.1) is 0 Å². The highest BCUT2D eigenvalue weighted by atomic mass is 79.9. The molecule has 1 aliphatic heterocycles. The Balaban J connectivity index is 2.19. The maximum Gasteiger partial charge on any atom is 0.354 e. The predicted molar refractivity (Wildman–Crippen MR) is 73.1 cm³/mol. The number of carbonyl (C=O) groups excluding carboxylic acids is 1. The van der Waals surface area contributed by atoms with E-state index in [2.05, 4.69) is 20.9 Å². The first kappa shape index (κ1) is 12.8. The average molecular weight is 309 g/mol. The number of halogens is 1. The minimum absolute atomic E-state index is 0.340. The van der Waals surface area contributed by atoms with Crippen LogP contribution in [0.15, 0.2) is 45.5 Å². The molecule has 0 saturated heterocycles. The van der Waals surface area contributed by atoms with Gasteiger partial charge in [0.2, 0.25) is 0 Å². The monoisotopic (exact) mass is 308 g/mol. The van der Waals surface area contributed by atoms with Gasteiger partial charge in [-0.3, -0.25) is 4.99 Å². The molecule has 1 aromatic rings. The molecular formula is C13H13BrN2O2. The molecule has 0 aromatic heterocycles. The van der Waals surface area contributed by atoms with E-state index in [1.807, 2.05) is 24.3 Å². The van der Waals surface area contributed by atoms with Crippen LogP contribution in [0.5, 0.6) is 0 Å². The second-order valence-corrected chi connectivity index (χ2v) is 4.64. The van der Waals surface area contributed by atoms with Crippen molar-refractivity contribution in [3.8, 4) is 0 Å². The van der Waals surface area contributed by atoms with Crippen LogP contribution in [0, 0.1) is 0 Å². The first-order valence-electron chi connectivity index (χ1n) is 5.51. The zero-order chi connectivity index (χ0) is 13.0. The number of benzene rings is 1. The Bertz CT molecular complexity index is 511. The molecule has 0 unspecified atom stereocenters. The molecule has 0 saturated carbocycles. The van der Waals surface area contributed by atoms with E-state index in [4.69, 9.17) is 4.74 Å². The molecule has 0 spiro atoms. The van der Waals surface area contributed by atoms with Crippen LogP contribution in [0.25, 0.3) is 0 Å². The van der Waals surface area contributed by atoms with Crippen LogP contribution < -0.4 is 0 Å². The molecule has 0 atom stereocenters. The lowest BCUT2D eigenvalue weighted by Gasteiger charge is -2.24. The molecule has 0 N–H and O–H groups in total. The predicted octanol–water partition coefficient (Wildman–Crippen LogP) is 2.35. The van der Waals surface area contributed by atoms with E-state index in [0.717, 1.165) is 10.0 Å². The fourth-order valence-corrected chi connectivity index (χ4v) is 2.12. The highest BCUT2D eigenvalue weighted by Gasteiger charge is 2.19. The van der Waals surface area contributed by atoms with Crippen molar-refractivity contribution in [1.82, 2.24) is 4.90 Å². The summed E-state index contributed by atoms with van der Waals surface area (Å²) < 4.78 is 5.77. The summed E-state index contributed by atoms with van der Waals surface area (Å²) in [5, 5.41) is 0. The smallest absolute Gasteiger partial charge is 0.354 e. The van der Waals surface area contributed by atoms with E-state index in [9.17, 15) is 4.79 Å². The number of hydrogen-bond donors (Lipinski definition) is 0. The Morgan fingerprint density at radius 1 is 1.50 bits per heavy atom. The average Bonchev–Trinajstić information content (AvgIpc) is 2.41. The van der Waals surface area contributed by atoms with Crippen molar-refractivity contribution in [2.24, 2.45) is 4.99 Å². The molecule has 94 valence electrons. The van der Waals surface area contributed by atoms with E-state index >= 15 is 0 Å². The van der Waals surface area contributed by atoms with E-state index in [0.29, 0.717) is 18.8 Å². The molecule has 0 amide bonds. The van der Waals surface area contributed by atoms with Gasteiger partial charge in [-0.25, -0.2) is 4.79 Å². The number of ether oxygens (including phenoxy) is 1. The molecule has 1 aromatic carbocycles. The number of carbonyl (C=O) groups is 1. The number of esters is 1. The SMILES string of the molecule is COC(=O)C1=CCN=CN1Cc1ccccc1Br. The molecule has 0 bridgehead atoms. The Labute approximate surface area is 114 Å². The Kier molecular flexibility index (Phi) is 4.15. The minimum atomic E-state index is -0.340. The zero-order valence-corrected chi connectivity index (χ0v) is 11.6. The third-order valence-corrected chi connectivity index (χ3v) is 3.39. The van der Waals surface area contributed by atoms with Gasteiger partial charge >= 0.3 is 5.97 Å². The zero-order valence-electron chi connectivity index (χ0n) is 9.97. The Hall–Kier alpha value is -1.62. The number of rotatable bonds is 3. The van der Waals surface area contributed by atoms with Crippen molar-refractivity contribution in [3.63, 3.8) is 0 Å². The van der Waals surface area contributed by atoms with Gasteiger partial charge in [0.25, 0.3) is 0 Å². The number of hydrogen-bond acceptors (Lipinski definition) is 4. The van der Waals surface area contributed by atoms with E-state index < -0.39 is 0 Å². The van der Waals surface area contributed by atoms with Crippen LogP contribution in [0.4, 0.5) is 0 Å². The van der Waals surface area contributed by atoms with Gasteiger partial charge in [0.15, 0.2) is 0 Å². The van der Waals surface area contributed by atoms with Crippen LogP contribution in [0.3, 0.4) is 0 Å². The summed E-state index contributed by atoms with van der Waals surface area (Å²) in [6.07, 6.45) is 3.44. The third kappa shape index (κ3) is 2.79. The molecule has 18 heavy (non-hydrogen) atoms. The van der Waals surface area contributed by atoms with Gasteiger partial charge in [0.05, 0.1) is 26.5 Å². The molecule has 1 heterocycles. The quantitative estimate of drug-likeness (QED) is 0.805. The largest absolute Gasteiger partial charge is 0.464 e. The van der Waals surface area contributed by atoms with Crippen LogP contribution in [0.1, 0.15) is 5.56 Å². The van der Waals surface area contributed by atoms with Gasteiger partial charge in [0.1, 0.15) is 5.70 Å². The number of aliphatic imine (C=N–C) groups is 1. The van der Waals surface area contributed by atoms with E-state index in [1.165, 1.54) is 7.11 Å². The van der Waals surface area contributed by atoms with Crippen LogP contribution in [-0.2, 0) is 16.1 Å². The lowest BCUT2D eigenvalue weighted by Crippen LogP contribution is -2.29. The van der Waals surface area contributed by atoms with Crippen molar-refractivity contribution in [3.05, 3.63) is 46.1 Å². The van der Waals surface area contributed by atoms with Gasteiger partial charge in [-0.1, -0.05) is 34.1 Å². The molecule has 0 fully saturated rings. The normalized spacial score (nSPS) is 14.3. The number of nitrogens with zero attached hydrogens (tertiary/aromatic N) is 2. The highest BCUT2D eigenvalue weighted by Crippen LogP contribution is 2.20. The lowest BCUT2D eigenvalue weighted by molar-refractivity contribution is -0.137. The molecule has 5 heteroatoms. The van der Waals surface area contributed by atoms with Crippen molar-refractivity contribution < 1.29 is 9.53 Å². The highest BCUT2D eigenvalue weighted by molar-refractivity contribution is 9.10. The maximum atomic E-state index is 11.6. The fraction of sp³-hybridized carbons (Fsp3) is 0.231. The first-order valence-corrected chi connectivity index (χ1v) is 6.30. The lowest BCUT2D eigenvalue weighted by atomic mass is 10.2. The molecule has 1 aliphatic rings. The maximum absolute atomic E-state index is 11.6. The topological polar surface area (TPSA) is 41.9 Å². The van der Waals surface area contributed by atoms with Crippen LogP contribution in [0.2, 0.25) is 0 Å². The van der Waals surface area contributed by atoms with Crippen molar-refractivity contribution in [2.45, 2.75) is 6.54 Å². The molecular weight excluding hydrogens is 296 g/mol. The van der Waals surface area contributed by atoms with Crippen molar-refractivity contribution in [2.75, 3.05) is 13.7 Å². The molecule has 0 aliphatic carbocycles. The third-order valence-electron chi connectivity index (χ3n) is 2.61. The van der Waals surface area contributed by atoms with E-state index in [-0.39, 0.29) is 5.97 Å². The summed E-state index contributed by atoms with van der Waals surface area (Å²) in [7, 11) is 1.38. The molecule has 4 nitrogen and oxygen atoms in total. The van der Waals surface area contributed by atoms with Gasteiger partial charge in [-0.2, -0.15) is 0 Å².